The number of ether oxygens (including phenoxy) is 1. The van der Waals surface area contributed by atoms with Gasteiger partial charge in [-0.1, -0.05) is 50.1 Å². The van der Waals surface area contributed by atoms with E-state index in [1.54, 1.807) is 24.3 Å². The zero-order valence-corrected chi connectivity index (χ0v) is 34.6. The van der Waals surface area contributed by atoms with Crippen LogP contribution in [0.4, 0.5) is 17.1 Å². The van der Waals surface area contributed by atoms with Gasteiger partial charge in [0.25, 0.3) is 11.8 Å². The van der Waals surface area contributed by atoms with Gasteiger partial charge < -0.3 is 20.5 Å². The van der Waals surface area contributed by atoms with E-state index in [-0.39, 0.29) is 29.0 Å². The second kappa shape index (κ2) is 21.9. The van der Waals surface area contributed by atoms with Gasteiger partial charge in [-0.05, 0) is 111 Å². The molecule has 16 heteroatoms. The fourth-order valence-electron chi connectivity index (χ4n) is 7.51. The number of anilines is 2. The Kier molecular flexibility index (Phi) is 16.8. The third-order valence-electron chi connectivity index (χ3n) is 10.7. The number of azo groups is 1. The summed E-state index contributed by atoms with van der Waals surface area (Å²) in [4.78, 5) is 60.5. The molecule has 0 aliphatic heterocycles. The molecule has 1 unspecified atom stereocenters. The maximum atomic E-state index is 13.9. The van der Waals surface area contributed by atoms with Crippen molar-refractivity contribution in [3.05, 3.63) is 81.9 Å². The molecule has 5 N–H and O–H groups in total. The first-order valence-corrected chi connectivity index (χ1v) is 20.4. The Bertz CT molecular complexity index is 1910. The molecule has 2 saturated carbocycles. The lowest BCUT2D eigenvalue weighted by Gasteiger charge is -2.40. The van der Waals surface area contributed by atoms with Crippen molar-refractivity contribution in [2.75, 3.05) is 43.9 Å². The van der Waals surface area contributed by atoms with Crippen LogP contribution in [0.15, 0.2) is 74.8 Å². The number of aliphatic hydroxyl groups excluding tert-OH is 1. The van der Waals surface area contributed by atoms with Crippen LogP contribution in [0.3, 0.4) is 0 Å². The van der Waals surface area contributed by atoms with Crippen molar-refractivity contribution >= 4 is 59.7 Å². The number of hydrogen-bond donors (Lipinski definition) is 5. The number of rotatable bonds is 21. The van der Waals surface area contributed by atoms with Crippen LogP contribution in [0.25, 0.3) is 0 Å². The third-order valence-corrected chi connectivity index (χ3v) is 11.0. The van der Waals surface area contributed by atoms with E-state index < -0.39 is 28.9 Å². The van der Waals surface area contributed by atoms with E-state index in [1.165, 1.54) is 26.2 Å². The molecule has 15 nitrogen and oxygen atoms in total. The van der Waals surface area contributed by atoms with Gasteiger partial charge in [0.2, 0.25) is 6.04 Å². The van der Waals surface area contributed by atoms with Gasteiger partial charge in [-0.3, -0.25) is 34.0 Å². The van der Waals surface area contributed by atoms with Gasteiger partial charge in [0.05, 0.1) is 38.2 Å². The Labute approximate surface area is 350 Å². The van der Waals surface area contributed by atoms with Gasteiger partial charge in [0.15, 0.2) is 5.78 Å². The molecule has 2 aliphatic carbocycles. The molecule has 59 heavy (non-hydrogen) atoms. The number of amides is 2. The van der Waals surface area contributed by atoms with Crippen molar-refractivity contribution in [1.29, 1.82) is 0 Å². The fourth-order valence-corrected chi connectivity index (χ4v) is 7.73. The van der Waals surface area contributed by atoms with Crippen molar-refractivity contribution in [2.24, 2.45) is 20.2 Å². The summed E-state index contributed by atoms with van der Waals surface area (Å²) in [6.07, 6.45) is 9.42. The second-order valence-corrected chi connectivity index (χ2v) is 15.2. The molecule has 1 atom stereocenters. The van der Waals surface area contributed by atoms with Gasteiger partial charge in [0.1, 0.15) is 17.0 Å². The first-order chi connectivity index (χ1) is 28.6. The minimum Gasteiger partial charge on any atom is -0.495 e. The monoisotopic (exact) mass is 830 g/mol. The number of hydrogen-bond acceptors (Lipinski definition) is 13. The van der Waals surface area contributed by atoms with E-state index in [4.69, 9.17) is 26.0 Å². The van der Waals surface area contributed by atoms with Gasteiger partial charge in [-0.15, -0.1) is 0 Å². The highest BCUT2D eigenvalue weighted by atomic mass is 35.5. The van der Waals surface area contributed by atoms with Crippen LogP contribution in [0, 0.1) is 0 Å². The molecule has 2 aliphatic rings. The lowest BCUT2D eigenvalue weighted by atomic mass is 9.75. The zero-order valence-electron chi connectivity index (χ0n) is 33.9. The van der Waals surface area contributed by atoms with Crippen LogP contribution in [-0.4, -0.2) is 75.5 Å². The Morgan fingerprint density at radius 2 is 1.37 bits per heavy atom. The molecule has 0 spiro atoms. The summed E-state index contributed by atoms with van der Waals surface area (Å²) in [5.41, 5.74) is 8.77. The highest BCUT2D eigenvalue weighted by Gasteiger charge is 2.40. The van der Waals surface area contributed by atoms with Crippen LogP contribution in [0.1, 0.15) is 98.2 Å². The molecule has 0 radical (unpaired) electrons. The van der Waals surface area contributed by atoms with E-state index in [1.807, 2.05) is 12.1 Å². The topological polar surface area (TPSA) is 197 Å². The van der Waals surface area contributed by atoms with Gasteiger partial charge in [-0.2, -0.15) is 21.2 Å². The third kappa shape index (κ3) is 11.9. The molecule has 0 aromatic heterocycles. The maximum Gasteiger partial charge on any atom is 0.258 e. The number of nitrogens with zero attached hydrogens (tertiary/aromatic N) is 4. The van der Waals surface area contributed by atoms with Crippen molar-refractivity contribution in [1.82, 2.24) is 11.0 Å². The van der Waals surface area contributed by atoms with Gasteiger partial charge in [0, 0.05) is 35.4 Å². The molecule has 5 rings (SSSR count). The quantitative estimate of drug-likeness (QED) is 0.0237. The molecule has 0 bridgehead atoms. The number of ketones is 1. The second-order valence-electron chi connectivity index (χ2n) is 14.8. The molecule has 0 saturated heterocycles. The highest BCUT2D eigenvalue weighted by Crippen LogP contribution is 2.46. The van der Waals surface area contributed by atoms with Crippen LogP contribution in [0.5, 0.6) is 5.75 Å². The number of carbonyl (C=O) groups is 3. The average Bonchev–Trinajstić information content (AvgIpc) is 3.25. The Balaban J connectivity index is 1.39. The number of aliphatic hydroxyl groups is 1. The number of nitrogens with one attached hydrogen (secondary N) is 4. The van der Waals surface area contributed by atoms with Crippen molar-refractivity contribution in [3.63, 3.8) is 0 Å². The molecule has 3 aromatic carbocycles. The Hall–Kier alpha value is -4.90. The van der Waals surface area contributed by atoms with Crippen LogP contribution >= 0.6 is 11.6 Å². The van der Waals surface area contributed by atoms with Gasteiger partial charge >= 0.3 is 0 Å². The average molecular weight is 831 g/mol. The summed E-state index contributed by atoms with van der Waals surface area (Å²) < 4.78 is 5.30. The minimum atomic E-state index is -1.48. The summed E-state index contributed by atoms with van der Waals surface area (Å²) >= 11 is 6.16. The predicted octanol–water partition coefficient (Wildman–Crippen LogP) is 7.54. The lowest BCUT2D eigenvalue weighted by molar-refractivity contribution is -0.135. The SMILES string of the molecule is C=NCCNOC1(c2cc(NC(=O)c3ccc(/N=N\C(C(C)=O)C(=O)Nc4cc(CO)c(Cl)cc4OC)cc3)cc(C3(ONCCN=C)CCCCC3)c2)CCCCC1. The molecule has 3 aromatic rings. The first kappa shape index (κ1) is 45.2. The number of halogens is 1. The van der Waals surface area contributed by atoms with E-state index in [9.17, 15) is 19.5 Å². The number of aliphatic imine (C=N–C) groups is 2. The fraction of sp³-hybridized carbons (Fsp3) is 0.465. The Morgan fingerprint density at radius 1 is 0.814 bits per heavy atom. The van der Waals surface area contributed by atoms with Crippen LogP contribution in [0.2, 0.25) is 5.02 Å². The van der Waals surface area contributed by atoms with Crippen LogP contribution in [-0.2, 0) is 37.1 Å². The number of carbonyl (C=O) groups excluding carboxylic acids is 3. The number of benzene rings is 3. The molecular formula is C43H55ClN8O7. The summed E-state index contributed by atoms with van der Waals surface area (Å²) in [6, 6.07) is 13.9. The lowest BCUT2D eigenvalue weighted by Crippen LogP contribution is -2.41. The smallest absolute Gasteiger partial charge is 0.258 e. The summed E-state index contributed by atoms with van der Waals surface area (Å²) in [5, 5.41) is 23.8. The van der Waals surface area contributed by atoms with E-state index >= 15 is 0 Å². The van der Waals surface area contributed by atoms with Crippen LogP contribution < -0.4 is 26.3 Å². The first-order valence-electron chi connectivity index (χ1n) is 20.0. The highest BCUT2D eigenvalue weighted by molar-refractivity contribution is 6.31. The molecule has 2 amide bonds. The summed E-state index contributed by atoms with van der Waals surface area (Å²) in [7, 11) is 1.40. The largest absolute Gasteiger partial charge is 0.495 e. The number of Topliss-reactive ketones (excluding diaryl/α,β-unsaturated/α-hetero) is 1. The van der Waals surface area contributed by atoms with Crippen molar-refractivity contribution < 1.29 is 33.9 Å². The normalized spacial score (nSPS) is 16.5. The van der Waals surface area contributed by atoms with E-state index in [2.05, 4.69) is 61.3 Å². The van der Waals surface area contributed by atoms with Crippen molar-refractivity contribution in [3.8, 4) is 5.75 Å². The number of methoxy groups -OCH3 is 1. The van der Waals surface area contributed by atoms with E-state index in [0.717, 1.165) is 75.3 Å². The predicted molar refractivity (Wildman–Crippen MR) is 229 cm³/mol. The molecule has 316 valence electrons. The van der Waals surface area contributed by atoms with Crippen molar-refractivity contribution in [2.45, 2.75) is 95.0 Å². The molecule has 0 heterocycles. The van der Waals surface area contributed by atoms with E-state index in [0.29, 0.717) is 48.7 Å². The zero-order chi connectivity index (χ0) is 42.3. The maximum absolute atomic E-state index is 13.9. The minimum absolute atomic E-state index is 0.207. The molecular weight excluding hydrogens is 776 g/mol. The van der Waals surface area contributed by atoms with Gasteiger partial charge in [-0.25, -0.2) is 0 Å². The molecule has 2 fully saturated rings. The Morgan fingerprint density at radius 3 is 1.86 bits per heavy atom. The standard InChI is InChI=1S/C43H55ClN8O7/c1-29(54)39(41(56)50-37-23-31(28-53)36(44)27-38(37)57-4)52-51-34-13-11-30(12-14-34)40(55)49-35-25-32(42(15-7-5-8-16-42)58-47-21-19-45-2)24-33(26-35)43(17-9-6-10-18-43)59-48-22-20-46-3/h11-14,23-27,39,47-48,53H,2-3,5-10,15-22,28H2,1,4H3,(H,49,55)(H,50,56)/b52-51-. The summed E-state index contributed by atoms with van der Waals surface area (Å²) in [6.45, 7) is 10.1. The summed E-state index contributed by atoms with van der Waals surface area (Å²) in [5.74, 6) is -1.41. The number of hydroxylamine groups is 2.